The highest BCUT2D eigenvalue weighted by atomic mass is 16.5. The second kappa shape index (κ2) is 11.6. The van der Waals surface area contributed by atoms with Gasteiger partial charge < -0.3 is 9.84 Å². The van der Waals surface area contributed by atoms with Crippen LogP contribution in [0.15, 0.2) is 24.0 Å². The van der Waals surface area contributed by atoms with Gasteiger partial charge in [-0.2, -0.15) is 0 Å². The lowest BCUT2D eigenvalue weighted by molar-refractivity contribution is -0.132. The minimum Gasteiger partial charge on any atom is -0.424 e. The molecular formula is C18H30O3. The Bertz CT molecular complexity index is 344. The van der Waals surface area contributed by atoms with Crippen molar-refractivity contribution in [3.05, 3.63) is 24.0 Å². The zero-order valence-corrected chi connectivity index (χ0v) is 13.4. The first-order valence-electron chi connectivity index (χ1n) is 8.52. The van der Waals surface area contributed by atoms with Gasteiger partial charge in [0.25, 0.3) is 0 Å². The van der Waals surface area contributed by atoms with E-state index in [1.807, 2.05) is 0 Å². The number of unbranched alkanes of at least 4 members (excludes halogenated alkanes) is 9. The molecule has 120 valence electrons. The summed E-state index contributed by atoms with van der Waals surface area (Å²) < 4.78 is 4.88. The van der Waals surface area contributed by atoms with E-state index in [2.05, 4.69) is 6.92 Å². The Labute approximate surface area is 129 Å². The Morgan fingerprint density at radius 3 is 2.10 bits per heavy atom. The van der Waals surface area contributed by atoms with Crippen molar-refractivity contribution in [3.63, 3.8) is 0 Å². The lowest BCUT2D eigenvalue weighted by Gasteiger charge is -2.06. The van der Waals surface area contributed by atoms with Crippen LogP contribution in [0.3, 0.4) is 0 Å². The molecule has 1 atom stereocenters. The lowest BCUT2D eigenvalue weighted by atomic mass is 10.0. The maximum atomic E-state index is 10.8. The monoisotopic (exact) mass is 294 g/mol. The van der Waals surface area contributed by atoms with Gasteiger partial charge in [-0.05, 0) is 18.6 Å². The largest absolute Gasteiger partial charge is 0.424 e. The van der Waals surface area contributed by atoms with Gasteiger partial charge in [0.2, 0.25) is 0 Å². The van der Waals surface area contributed by atoms with Crippen LogP contribution in [0.4, 0.5) is 0 Å². The SMILES string of the molecule is CCCCCCCCCCCCC(O)/C=C1\C=CC(=O)O1. The third kappa shape index (κ3) is 9.46. The molecule has 3 nitrogen and oxygen atoms in total. The van der Waals surface area contributed by atoms with E-state index in [1.54, 1.807) is 12.2 Å². The number of carbonyl (C=O) groups excluding carboxylic acids is 1. The number of esters is 1. The van der Waals surface area contributed by atoms with Crippen LogP contribution in [0.25, 0.3) is 0 Å². The zero-order chi connectivity index (χ0) is 15.3. The maximum Gasteiger partial charge on any atom is 0.336 e. The third-order valence-corrected chi connectivity index (χ3v) is 3.81. The average molecular weight is 294 g/mol. The first kappa shape index (κ1) is 18.0. The first-order valence-corrected chi connectivity index (χ1v) is 8.52. The Morgan fingerprint density at radius 1 is 1.00 bits per heavy atom. The van der Waals surface area contributed by atoms with Crippen molar-refractivity contribution in [3.8, 4) is 0 Å². The Balaban J connectivity index is 1.90. The molecule has 0 radical (unpaired) electrons. The Hall–Kier alpha value is -1.09. The van der Waals surface area contributed by atoms with E-state index in [0.29, 0.717) is 5.76 Å². The van der Waals surface area contributed by atoms with Crippen molar-refractivity contribution in [1.82, 2.24) is 0 Å². The molecule has 0 fully saturated rings. The van der Waals surface area contributed by atoms with Crippen LogP contribution in [-0.4, -0.2) is 17.2 Å². The average Bonchev–Trinajstić information content (AvgIpc) is 2.86. The molecule has 21 heavy (non-hydrogen) atoms. The van der Waals surface area contributed by atoms with Crippen molar-refractivity contribution in [2.45, 2.75) is 83.7 Å². The molecular weight excluding hydrogens is 264 g/mol. The molecule has 1 aliphatic heterocycles. The molecule has 0 amide bonds. The van der Waals surface area contributed by atoms with Gasteiger partial charge >= 0.3 is 5.97 Å². The predicted molar refractivity (Wildman–Crippen MR) is 85.8 cm³/mol. The van der Waals surface area contributed by atoms with E-state index in [4.69, 9.17) is 4.74 Å². The highest BCUT2D eigenvalue weighted by molar-refractivity contribution is 5.86. The Kier molecular flexibility index (Phi) is 9.88. The summed E-state index contributed by atoms with van der Waals surface area (Å²) in [5.74, 6) is 0.118. The molecule has 0 spiro atoms. The summed E-state index contributed by atoms with van der Waals surface area (Å²) in [5.41, 5.74) is 0. The van der Waals surface area contributed by atoms with Gasteiger partial charge in [0.05, 0.1) is 6.10 Å². The van der Waals surface area contributed by atoms with Gasteiger partial charge in [-0.15, -0.1) is 0 Å². The molecule has 1 N–H and O–H groups in total. The molecule has 0 aromatic carbocycles. The van der Waals surface area contributed by atoms with Gasteiger partial charge in [-0.25, -0.2) is 4.79 Å². The van der Waals surface area contributed by atoms with E-state index in [1.165, 1.54) is 63.9 Å². The van der Waals surface area contributed by atoms with Crippen molar-refractivity contribution < 1.29 is 14.6 Å². The highest BCUT2D eigenvalue weighted by Crippen LogP contribution is 2.14. The zero-order valence-electron chi connectivity index (χ0n) is 13.4. The van der Waals surface area contributed by atoms with Crippen molar-refractivity contribution >= 4 is 5.97 Å². The number of ether oxygens (including phenoxy) is 1. The minimum absolute atomic E-state index is 0.354. The van der Waals surface area contributed by atoms with E-state index >= 15 is 0 Å². The standard InChI is InChI=1S/C18H30O3/c1-2-3-4-5-6-7-8-9-10-11-12-16(19)15-17-13-14-18(20)21-17/h13-16,19H,2-12H2,1H3/b17-15+. The van der Waals surface area contributed by atoms with Crippen LogP contribution >= 0.6 is 0 Å². The second-order valence-corrected chi connectivity index (χ2v) is 5.86. The molecule has 1 rings (SSSR count). The molecule has 0 aromatic heterocycles. The number of rotatable bonds is 12. The van der Waals surface area contributed by atoms with E-state index in [-0.39, 0.29) is 5.97 Å². The van der Waals surface area contributed by atoms with Gasteiger partial charge in [0.15, 0.2) is 0 Å². The van der Waals surface area contributed by atoms with Gasteiger partial charge in [-0.3, -0.25) is 0 Å². The summed E-state index contributed by atoms with van der Waals surface area (Å²) in [7, 11) is 0. The van der Waals surface area contributed by atoms with Gasteiger partial charge in [0, 0.05) is 6.08 Å². The van der Waals surface area contributed by atoms with Crippen molar-refractivity contribution in [2.24, 2.45) is 0 Å². The van der Waals surface area contributed by atoms with Crippen LogP contribution in [0.1, 0.15) is 77.6 Å². The van der Waals surface area contributed by atoms with Crippen LogP contribution in [-0.2, 0) is 9.53 Å². The van der Waals surface area contributed by atoms with Gasteiger partial charge in [-0.1, -0.05) is 71.1 Å². The van der Waals surface area contributed by atoms with Crippen molar-refractivity contribution in [1.29, 1.82) is 0 Å². The summed E-state index contributed by atoms with van der Waals surface area (Å²) >= 11 is 0. The third-order valence-electron chi connectivity index (χ3n) is 3.81. The van der Waals surface area contributed by atoms with Crippen LogP contribution < -0.4 is 0 Å². The van der Waals surface area contributed by atoms with Crippen molar-refractivity contribution in [2.75, 3.05) is 0 Å². The first-order chi connectivity index (χ1) is 10.2. The van der Waals surface area contributed by atoms with E-state index < -0.39 is 6.10 Å². The van der Waals surface area contributed by atoms with Crippen LogP contribution in [0.5, 0.6) is 0 Å². The summed E-state index contributed by atoms with van der Waals surface area (Å²) in [6.45, 7) is 2.25. The number of cyclic esters (lactones) is 1. The van der Waals surface area contributed by atoms with Crippen LogP contribution in [0.2, 0.25) is 0 Å². The summed E-state index contributed by atoms with van der Waals surface area (Å²) in [6.07, 6.45) is 17.8. The van der Waals surface area contributed by atoms with E-state index in [9.17, 15) is 9.90 Å². The summed E-state index contributed by atoms with van der Waals surface area (Å²) in [6, 6.07) is 0. The molecule has 1 unspecified atom stereocenters. The highest BCUT2D eigenvalue weighted by Gasteiger charge is 2.11. The molecule has 1 heterocycles. The number of aliphatic hydroxyl groups is 1. The van der Waals surface area contributed by atoms with Gasteiger partial charge in [0.1, 0.15) is 5.76 Å². The number of carbonyl (C=O) groups is 1. The minimum atomic E-state index is -0.510. The quantitative estimate of drug-likeness (QED) is 0.421. The molecule has 0 bridgehead atoms. The fourth-order valence-corrected chi connectivity index (χ4v) is 2.54. The smallest absolute Gasteiger partial charge is 0.336 e. The maximum absolute atomic E-state index is 10.8. The number of allylic oxidation sites excluding steroid dienone is 1. The molecule has 0 saturated carbocycles. The Morgan fingerprint density at radius 2 is 1.57 bits per heavy atom. The fourth-order valence-electron chi connectivity index (χ4n) is 2.54. The topological polar surface area (TPSA) is 46.5 Å². The molecule has 0 aromatic rings. The van der Waals surface area contributed by atoms with E-state index in [0.717, 1.165) is 12.8 Å². The number of aliphatic hydroxyl groups excluding tert-OH is 1. The molecule has 0 saturated heterocycles. The molecule has 0 aliphatic carbocycles. The molecule has 3 heteroatoms. The summed E-state index contributed by atoms with van der Waals surface area (Å²) in [5, 5.41) is 9.82. The second-order valence-electron chi connectivity index (χ2n) is 5.86. The lowest BCUT2D eigenvalue weighted by Crippen LogP contribution is -2.04. The summed E-state index contributed by atoms with van der Waals surface area (Å²) in [4.78, 5) is 10.8. The fraction of sp³-hybridized carbons (Fsp3) is 0.722. The normalized spacial score (nSPS) is 17.4. The number of hydrogen-bond acceptors (Lipinski definition) is 3. The predicted octanol–water partition coefficient (Wildman–Crippen LogP) is 4.66. The molecule has 1 aliphatic rings. The van der Waals surface area contributed by atoms with Crippen LogP contribution in [0, 0.1) is 0 Å². The number of hydrogen-bond donors (Lipinski definition) is 1.